The van der Waals surface area contributed by atoms with Crippen LogP contribution in [0.2, 0.25) is 0 Å². The Bertz CT molecular complexity index is 964. The van der Waals surface area contributed by atoms with E-state index >= 15 is 0 Å². The zero-order chi connectivity index (χ0) is 20.1. The van der Waals surface area contributed by atoms with E-state index in [1.54, 1.807) is 6.26 Å². The lowest BCUT2D eigenvalue weighted by Gasteiger charge is -2.10. The Morgan fingerprint density at radius 3 is 2.79 bits per heavy atom. The predicted molar refractivity (Wildman–Crippen MR) is 109 cm³/mol. The molecule has 0 aliphatic rings. The summed E-state index contributed by atoms with van der Waals surface area (Å²) in [6.07, 6.45) is 1.62. The minimum absolute atomic E-state index is 0.0710. The van der Waals surface area contributed by atoms with Crippen molar-refractivity contribution in [2.24, 2.45) is 7.05 Å². The monoisotopic (exact) mass is 400 g/mol. The van der Waals surface area contributed by atoms with E-state index in [-0.39, 0.29) is 11.7 Å². The minimum atomic E-state index is -0.0710. The van der Waals surface area contributed by atoms with E-state index in [2.05, 4.69) is 21.6 Å². The Labute approximate surface area is 168 Å². The zero-order valence-electron chi connectivity index (χ0n) is 16.5. The Kier molecular flexibility index (Phi) is 6.41. The van der Waals surface area contributed by atoms with Gasteiger partial charge in [-0.15, -0.1) is 10.2 Å². The highest BCUT2D eigenvalue weighted by atomic mass is 32.2. The van der Waals surface area contributed by atoms with Crippen LogP contribution in [0.5, 0.6) is 5.75 Å². The van der Waals surface area contributed by atoms with E-state index in [1.165, 1.54) is 17.3 Å². The SMILES string of the molecule is Cc1ccc(OCCNC(=O)CSc2nnc(-c3ccoc3C)n2C)c(C)c1. The summed E-state index contributed by atoms with van der Waals surface area (Å²) in [5.74, 6) is 2.54. The van der Waals surface area contributed by atoms with Crippen molar-refractivity contribution in [2.45, 2.75) is 25.9 Å². The van der Waals surface area contributed by atoms with Crippen molar-refractivity contribution in [1.29, 1.82) is 0 Å². The molecule has 1 amide bonds. The molecule has 2 heterocycles. The molecule has 0 aliphatic heterocycles. The first kappa shape index (κ1) is 20.0. The van der Waals surface area contributed by atoms with E-state index in [1.807, 2.05) is 50.6 Å². The molecule has 0 unspecified atom stereocenters. The largest absolute Gasteiger partial charge is 0.491 e. The number of carbonyl (C=O) groups excluding carboxylic acids is 1. The fourth-order valence-corrected chi connectivity index (χ4v) is 3.53. The maximum Gasteiger partial charge on any atom is 0.230 e. The number of benzene rings is 1. The van der Waals surface area contributed by atoms with Gasteiger partial charge in [0.15, 0.2) is 11.0 Å². The maximum atomic E-state index is 12.1. The fourth-order valence-electron chi connectivity index (χ4n) is 2.79. The molecule has 0 radical (unpaired) electrons. The molecule has 3 rings (SSSR count). The first-order valence-corrected chi connectivity index (χ1v) is 9.97. The molecule has 7 nitrogen and oxygen atoms in total. The van der Waals surface area contributed by atoms with Gasteiger partial charge in [0, 0.05) is 7.05 Å². The molecule has 0 atom stereocenters. The van der Waals surface area contributed by atoms with Gasteiger partial charge < -0.3 is 19.0 Å². The smallest absolute Gasteiger partial charge is 0.230 e. The highest BCUT2D eigenvalue weighted by Crippen LogP contribution is 2.25. The number of nitrogens with zero attached hydrogens (tertiary/aromatic N) is 3. The molecule has 0 saturated carbocycles. The highest BCUT2D eigenvalue weighted by molar-refractivity contribution is 7.99. The summed E-state index contributed by atoms with van der Waals surface area (Å²) in [6.45, 7) is 6.81. The maximum absolute atomic E-state index is 12.1. The quantitative estimate of drug-likeness (QED) is 0.462. The van der Waals surface area contributed by atoms with Gasteiger partial charge in [-0.3, -0.25) is 4.79 Å². The van der Waals surface area contributed by atoms with Gasteiger partial charge in [-0.25, -0.2) is 0 Å². The number of amides is 1. The van der Waals surface area contributed by atoms with Gasteiger partial charge in [-0.05, 0) is 38.5 Å². The van der Waals surface area contributed by atoms with Gasteiger partial charge in [-0.1, -0.05) is 29.5 Å². The van der Waals surface area contributed by atoms with Crippen LogP contribution in [-0.4, -0.2) is 39.6 Å². The molecule has 0 fully saturated rings. The number of carbonyl (C=O) groups is 1. The number of thioether (sulfide) groups is 1. The number of aromatic nitrogens is 3. The van der Waals surface area contributed by atoms with Gasteiger partial charge in [0.1, 0.15) is 18.1 Å². The van der Waals surface area contributed by atoms with Crippen molar-refractivity contribution >= 4 is 17.7 Å². The summed E-state index contributed by atoms with van der Waals surface area (Å²) in [7, 11) is 1.87. The van der Waals surface area contributed by atoms with Crippen LogP contribution in [0.15, 0.2) is 40.1 Å². The lowest BCUT2D eigenvalue weighted by molar-refractivity contribution is -0.118. The Balaban J connectivity index is 1.43. The van der Waals surface area contributed by atoms with Gasteiger partial charge >= 0.3 is 0 Å². The molecule has 0 spiro atoms. The van der Waals surface area contributed by atoms with Gasteiger partial charge in [-0.2, -0.15) is 0 Å². The summed E-state index contributed by atoms with van der Waals surface area (Å²) in [5, 5.41) is 11.9. The summed E-state index contributed by atoms with van der Waals surface area (Å²) in [6, 6.07) is 7.90. The molecule has 2 aromatic heterocycles. The third-order valence-corrected chi connectivity index (χ3v) is 5.30. The second-order valence-electron chi connectivity index (χ2n) is 6.51. The molecule has 1 aromatic carbocycles. The molecule has 8 heteroatoms. The first-order valence-electron chi connectivity index (χ1n) is 8.99. The van der Waals surface area contributed by atoms with E-state index in [4.69, 9.17) is 9.15 Å². The van der Waals surface area contributed by atoms with Gasteiger partial charge in [0.05, 0.1) is 24.1 Å². The first-order chi connectivity index (χ1) is 13.5. The number of ether oxygens (including phenoxy) is 1. The van der Waals surface area contributed by atoms with Crippen molar-refractivity contribution in [3.8, 4) is 17.1 Å². The summed E-state index contributed by atoms with van der Waals surface area (Å²) >= 11 is 1.34. The zero-order valence-corrected chi connectivity index (χ0v) is 17.3. The van der Waals surface area contributed by atoms with Crippen molar-refractivity contribution in [2.75, 3.05) is 18.9 Å². The Morgan fingerprint density at radius 2 is 2.07 bits per heavy atom. The summed E-state index contributed by atoms with van der Waals surface area (Å²) in [5.41, 5.74) is 3.19. The van der Waals surface area contributed by atoms with E-state index in [9.17, 15) is 4.79 Å². The fraction of sp³-hybridized carbons (Fsp3) is 0.350. The number of aryl methyl sites for hydroxylation is 3. The second-order valence-corrected chi connectivity index (χ2v) is 7.45. The topological polar surface area (TPSA) is 82.2 Å². The van der Waals surface area contributed by atoms with E-state index < -0.39 is 0 Å². The molecule has 148 valence electrons. The van der Waals surface area contributed by atoms with Crippen LogP contribution < -0.4 is 10.1 Å². The molecular weight excluding hydrogens is 376 g/mol. The van der Waals surface area contributed by atoms with Crippen molar-refractivity contribution in [3.05, 3.63) is 47.4 Å². The number of hydrogen-bond donors (Lipinski definition) is 1. The molecule has 3 aromatic rings. The second kappa shape index (κ2) is 8.97. The van der Waals surface area contributed by atoms with E-state index in [0.717, 1.165) is 28.5 Å². The van der Waals surface area contributed by atoms with Crippen LogP contribution in [0.3, 0.4) is 0 Å². The predicted octanol–water partition coefficient (Wildman–Crippen LogP) is 3.29. The normalized spacial score (nSPS) is 10.9. The van der Waals surface area contributed by atoms with Crippen molar-refractivity contribution < 1.29 is 13.9 Å². The van der Waals surface area contributed by atoms with E-state index in [0.29, 0.717) is 18.3 Å². The molecule has 0 saturated heterocycles. The molecular formula is C20H24N4O3S. The van der Waals surface area contributed by atoms with Crippen molar-refractivity contribution in [3.63, 3.8) is 0 Å². The van der Waals surface area contributed by atoms with Crippen LogP contribution in [0, 0.1) is 20.8 Å². The molecule has 1 N–H and O–H groups in total. The van der Waals surface area contributed by atoms with Crippen LogP contribution >= 0.6 is 11.8 Å². The molecule has 28 heavy (non-hydrogen) atoms. The standard InChI is InChI=1S/C20H24N4O3S/c1-13-5-6-17(14(2)11-13)27-10-8-21-18(25)12-28-20-23-22-19(24(20)4)16-7-9-26-15(16)3/h5-7,9,11H,8,10,12H2,1-4H3,(H,21,25). The lowest BCUT2D eigenvalue weighted by Crippen LogP contribution is -2.29. The van der Waals surface area contributed by atoms with Crippen LogP contribution in [-0.2, 0) is 11.8 Å². The lowest BCUT2D eigenvalue weighted by atomic mass is 10.1. The number of nitrogens with one attached hydrogen (secondary N) is 1. The average molecular weight is 401 g/mol. The minimum Gasteiger partial charge on any atom is -0.491 e. The van der Waals surface area contributed by atoms with Crippen molar-refractivity contribution in [1.82, 2.24) is 20.1 Å². The Morgan fingerprint density at radius 1 is 1.25 bits per heavy atom. The van der Waals surface area contributed by atoms with Gasteiger partial charge in [0.2, 0.25) is 5.91 Å². The third-order valence-electron chi connectivity index (χ3n) is 4.28. The van der Waals surface area contributed by atoms with Crippen LogP contribution in [0.25, 0.3) is 11.4 Å². The highest BCUT2D eigenvalue weighted by Gasteiger charge is 2.15. The number of hydrogen-bond acceptors (Lipinski definition) is 6. The Hall–Kier alpha value is -2.74. The van der Waals surface area contributed by atoms with Gasteiger partial charge in [0.25, 0.3) is 0 Å². The average Bonchev–Trinajstić information content (AvgIpc) is 3.23. The third kappa shape index (κ3) is 4.75. The van der Waals surface area contributed by atoms with Crippen LogP contribution in [0.4, 0.5) is 0 Å². The summed E-state index contributed by atoms with van der Waals surface area (Å²) in [4.78, 5) is 12.1. The molecule has 0 aliphatic carbocycles. The number of furan rings is 1. The number of rotatable bonds is 8. The molecule has 0 bridgehead atoms. The van der Waals surface area contributed by atoms with Crippen LogP contribution in [0.1, 0.15) is 16.9 Å². The summed E-state index contributed by atoms with van der Waals surface area (Å²) < 4.78 is 12.9.